The Bertz CT molecular complexity index is 7020. The van der Waals surface area contributed by atoms with Gasteiger partial charge in [0.1, 0.15) is 36.4 Å². The molecule has 0 spiro atoms. The van der Waals surface area contributed by atoms with Gasteiger partial charge in [-0.1, -0.05) is 135 Å². The number of aromatic amines is 5. The molecule has 5 N–H and O–H groups in total. The largest absolute Gasteiger partial charge is 0.497 e. The van der Waals surface area contributed by atoms with E-state index in [0.717, 1.165) is 181 Å². The van der Waals surface area contributed by atoms with Crippen molar-refractivity contribution in [3.63, 3.8) is 0 Å². The summed E-state index contributed by atoms with van der Waals surface area (Å²) in [6.45, 7) is 61.6. The minimum Gasteiger partial charge on any atom is -0.497 e. The Morgan fingerprint density at radius 2 is 0.796 bits per heavy atom. The first-order chi connectivity index (χ1) is 66.4. The van der Waals surface area contributed by atoms with E-state index in [1.165, 1.54) is 53.0 Å². The fourth-order valence-electron chi connectivity index (χ4n) is 16.0. The van der Waals surface area contributed by atoms with Gasteiger partial charge in [-0.25, -0.2) is 49.1 Å². The van der Waals surface area contributed by atoms with Crippen LogP contribution in [0.3, 0.4) is 0 Å². The number of rotatable bonds is 16. The lowest BCUT2D eigenvalue weighted by molar-refractivity contribution is -0.0274. The van der Waals surface area contributed by atoms with Crippen molar-refractivity contribution in [3.05, 3.63) is 237 Å². The molecule has 0 radical (unpaired) electrons. The predicted octanol–water partition coefficient (Wildman–Crippen LogP) is 27.3. The maximum Gasteiger partial charge on any atom is 0.229 e. The number of H-pyrrole nitrogens is 5. The standard InChI is InChI=1S/2C19H17Cl2N5OS.C19H16Cl2N4OS.C19H17ClN4O2S.C18H15Cl2N5OS/c1-10-8-27-11(2)7-26(10)19-16(22-3)15(13-5-4-12(20)6-14(13)21)17(28-19)18-23-9-24-25-18;1-19(2)9-26(6-7-27-19)18-15(22-3)14(12-5-4-11(20)8-13(12)21)16(28-18)17-23-10-24-25-17;1-11-10-23-18(24-11)17-15(13-4-3-12(20)9-14(13)21)16(22-2)19(27-17)25-5-7-26-8-6-25;1-21-16-15(13-4-3-12(25-2)11-14(13)20)17(18-22-5-6-23-18)27-19(16)24-7-9-26-10-8-24;1-21-15-14(12-4-3-11(19)9-13(12)20)16(17-22-10-23-24-17)27-18(15)25-5-2-7-26-8-6-25/h4-6,9-11H,7-8H2,1-2H3,(H,23,24,25);4-5,8,10H,6-7,9H2,1-2H3,(H,23,24,25);3-4,9-10H,5-8H2,1H3,(H,23,24);3-6,11H,7-10H2,2H3,(H,22,23);3-4,9-10H,2,5-8H2,(H,22,23,24)/t10?,11-;;;;/m1..../s1. The van der Waals surface area contributed by atoms with E-state index < -0.39 is 0 Å². The Labute approximate surface area is 854 Å². The van der Waals surface area contributed by atoms with E-state index in [0.29, 0.717) is 156 Å². The molecule has 5 saturated heterocycles. The molecule has 1 unspecified atom stereocenters. The molecule has 15 heterocycles. The molecule has 0 aliphatic carbocycles. The number of halogens is 9. The van der Waals surface area contributed by atoms with Crippen molar-refractivity contribution in [1.29, 1.82) is 0 Å². The lowest BCUT2D eigenvalue weighted by atomic mass is 10.0. The lowest BCUT2D eigenvalue weighted by Crippen LogP contribution is -2.48. The molecule has 5 fully saturated rings. The Morgan fingerprint density at radius 3 is 1.15 bits per heavy atom. The van der Waals surface area contributed by atoms with Crippen LogP contribution in [0, 0.1) is 39.8 Å². The van der Waals surface area contributed by atoms with Gasteiger partial charge in [0, 0.05) is 164 Å². The Morgan fingerprint density at radius 1 is 0.431 bits per heavy atom. The summed E-state index contributed by atoms with van der Waals surface area (Å²) in [7, 11) is 1.60. The average molecular weight is 2110 g/mol. The maximum atomic E-state index is 7.92. The third kappa shape index (κ3) is 22.1. The Hall–Kier alpha value is -10.9. The molecule has 5 aliphatic rings. The lowest BCUT2D eigenvalue weighted by Gasteiger charge is -2.39. The highest BCUT2D eigenvalue weighted by Gasteiger charge is 2.38. The van der Waals surface area contributed by atoms with Gasteiger partial charge in [-0.15, -0.1) is 56.7 Å². The molecule has 20 rings (SSSR count). The molecule has 15 aromatic rings. The van der Waals surface area contributed by atoms with Crippen molar-refractivity contribution < 1.29 is 28.4 Å². The quantitative estimate of drug-likeness (QED) is 0.0562. The molecular formula is C94H82Cl9N23O6S5. The summed E-state index contributed by atoms with van der Waals surface area (Å²) >= 11 is 64.6. The van der Waals surface area contributed by atoms with E-state index in [4.69, 9.17) is 166 Å². The maximum absolute atomic E-state index is 7.92. The van der Waals surface area contributed by atoms with Crippen LogP contribution in [0.2, 0.25) is 45.2 Å². The summed E-state index contributed by atoms with van der Waals surface area (Å²) in [5.41, 5.74) is 11.2. The van der Waals surface area contributed by atoms with Crippen molar-refractivity contribution in [2.24, 2.45) is 0 Å². The fourth-order valence-corrected chi connectivity index (χ4v) is 24.6. The molecule has 5 aromatic carbocycles. The third-order valence-corrected chi connectivity index (χ3v) is 31.1. The van der Waals surface area contributed by atoms with Crippen molar-refractivity contribution in [2.75, 3.05) is 143 Å². The molecular weight excluding hydrogens is 2030 g/mol. The number of aryl methyl sites for hydroxylation is 1. The molecule has 0 amide bonds. The molecule has 29 nitrogen and oxygen atoms in total. The molecule has 2 atom stereocenters. The first kappa shape index (κ1) is 99.1. The van der Waals surface area contributed by atoms with Crippen LogP contribution in [0.5, 0.6) is 5.75 Å². The molecule has 702 valence electrons. The number of thiophene rings is 5. The number of nitrogens with zero attached hydrogens (tertiary/aromatic N) is 18. The average Bonchev–Trinajstić information content (AvgIpc) is 1.63. The summed E-state index contributed by atoms with van der Waals surface area (Å²) in [6, 6.07) is 27.0. The zero-order valence-electron chi connectivity index (χ0n) is 73.9. The minimum atomic E-state index is -0.286. The summed E-state index contributed by atoms with van der Waals surface area (Å²) in [6.07, 6.45) is 10.7. The van der Waals surface area contributed by atoms with E-state index in [2.05, 4.69) is 135 Å². The number of hydrogen-bond donors (Lipinski definition) is 5. The van der Waals surface area contributed by atoms with Gasteiger partial charge in [0.15, 0.2) is 17.5 Å². The van der Waals surface area contributed by atoms with Gasteiger partial charge in [-0.3, -0.25) is 15.3 Å². The van der Waals surface area contributed by atoms with Gasteiger partial charge in [0.25, 0.3) is 0 Å². The zero-order valence-corrected chi connectivity index (χ0v) is 84.8. The van der Waals surface area contributed by atoms with Crippen LogP contribution in [-0.4, -0.2) is 202 Å². The van der Waals surface area contributed by atoms with E-state index in [-0.39, 0.29) is 17.7 Å². The van der Waals surface area contributed by atoms with Crippen LogP contribution < -0.4 is 29.2 Å². The Balaban J connectivity index is 0.000000124. The number of imidazole rings is 2. The van der Waals surface area contributed by atoms with Crippen LogP contribution in [0.4, 0.5) is 53.4 Å². The van der Waals surface area contributed by atoms with Gasteiger partial charge in [0.05, 0.1) is 152 Å². The predicted molar refractivity (Wildman–Crippen MR) is 556 cm³/mol. The minimum absolute atomic E-state index is 0.0909. The van der Waals surface area contributed by atoms with E-state index >= 15 is 0 Å². The molecule has 137 heavy (non-hydrogen) atoms. The van der Waals surface area contributed by atoms with Crippen molar-refractivity contribution in [3.8, 4) is 115 Å². The highest BCUT2D eigenvalue weighted by molar-refractivity contribution is 7.22. The highest BCUT2D eigenvalue weighted by Crippen LogP contribution is 2.60. The van der Waals surface area contributed by atoms with Gasteiger partial charge in [-0.2, -0.15) is 15.3 Å². The van der Waals surface area contributed by atoms with Crippen molar-refractivity contribution in [2.45, 2.75) is 58.8 Å². The first-order valence-electron chi connectivity index (χ1n) is 42.6. The number of ether oxygens (including phenoxy) is 6. The summed E-state index contributed by atoms with van der Waals surface area (Å²) in [4.78, 5) is 63.0. The second kappa shape index (κ2) is 44.9. The Kier molecular flexibility index (Phi) is 32.5. The summed E-state index contributed by atoms with van der Waals surface area (Å²) in [5.74, 6) is 3.97. The van der Waals surface area contributed by atoms with Gasteiger partial charge < -0.3 is 62.9 Å². The van der Waals surface area contributed by atoms with E-state index in [1.807, 2.05) is 50.2 Å². The van der Waals surface area contributed by atoms with Gasteiger partial charge in [0.2, 0.25) is 28.4 Å². The smallest absolute Gasteiger partial charge is 0.229 e. The number of hydrogen-bond acceptors (Lipinski definition) is 24. The SMILES string of the molecule is [C-]#[N+]c1c(N2CCCOCC2)sc(-c2ncn[nH]2)c1-c1ccc(Cl)cc1Cl.[C-]#[N+]c1c(N2CCOC(C)(C)C2)sc(-c2ncn[nH]2)c1-c1ccc(Cl)cc1Cl.[C-]#[N+]c1c(N2CCOCC2)sc(-c2ncc(C)[nH]2)c1-c1ccc(Cl)cc1Cl.[C-]#[N+]c1c(N2CCOCC2)sc(-c2ncc[nH]2)c1-c1ccc(OC)cc1Cl.[C-]#[N+]c1c(N2C[C@@H](C)OCC2C)sc(-c2ncn[nH]2)c1-c1ccc(Cl)cc1Cl. The monoisotopic (exact) mass is 2100 g/mol. The number of anilines is 5. The van der Waals surface area contributed by atoms with Crippen LogP contribution in [0.15, 0.2) is 129 Å². The third-order valence-electron chi connectivity index (χ3n) is 22.3. The second-order valence-electron chi connectivity index (χ2n) is 31.9. The van der Waals surface area contributed by atoms with Crippen LogP contribution in [0.25, 0.3) is 133 Å². The van der Waals surface area contributed by atoms with Crippen LogP contribution >= 0.6 is 161 Å². The summed E-state index contributed by atoms with van der Waals surface area (Å²) < 4.78 is 33.4. The van der Waals surface area contributed by atoms with E-state index in [9.17, 15) is 0 Å². The number of aromatic nitrogens is 13. The molecule has 5 aliphatic heterocycles. The molecule has 0 bridgehead atoms. The van der Waals surface area contributed by atoms with Crippen LogP contribution in [-0.2, 0) is 23.7 Å². The number of benzene rings is 5. The molecule has 10 aromatic heterocycles. The number of methoxy groups -OCH3 is 1. The second-order valence-corrected chi connectivity index (χ2v) is 40.7. The number of nitrogens with one attached hydrogen (secondary N) is 5. The number of morpholine rings is 4. The van der Waals surface area contributed by atoms with Crippen LogP contribution in [0.1, 0.15) is 39.8 Å². The van der Waals surface area contributed by atoms with Gasteiger partial charge in [-0.05, 0) is 130 Å². The van der Waals surface area contributed by atoms with E-state index in [1.54, 1.807) is 103 Å². The first-order valence-corrected chi connectivity index (χ1v) is 50.1. The zero-order chi connectivity index (χ0) is 96.3. The fraction of sp³-hybridized carbons (Fsp3) is 0.287. The summed E-state index contributed by atoms with van der Waals surface area (Å²) in [5, 5.41) is 29.9. The van der Waals surface area contributed by atoms with Crippen molar-refractivity contribution in [1.82, 2.24) is 65.5 Å². The van der Waals surface area contributed by atoms with Gasteiger partial charge >= 0.3 is 0 Å². The molecule has 43 heteroatoms. The topological polar surface area (TPSA) is 275 Å². The highest BCUT2D eigenvalue weighted by atomic mass is 35.5. The van der Waals surface area contributed by atoms with Crippen molar-refractivity contribution >= 4 is 215 Å². The normalized spacial score (nSPS) is 15.9. The molecule has 0 saturated carbocycles.